The van der Waals surface area contributed by atoms with Crippen molar-refractivity contribution in [3.8, 4) is 0 Å². The molecule has 0 aromatic heterocycles. The average Bonchev–Trinajstić information content (AvgIpc) is 2.93. The number of halogens is 1. The number of benzene rings is 1. The van der Waals surface area contributed by atoms with Crippen LogP contribution in [0.25, 0.3) is 0 Å². The third-order valence-electron chi connectivity index (χ3n) is 3.44. The molecule has 1 aromatic rings. The minimum atomic E-state index is -0.443. The summed E-state index contributed by atoms with van der Waals surface area (Å²) in [6, 6.07) is 4.90. The van der Waals surface area contributed by atoms with Gasteiger partial charge in [-0.25, -0.2) is 4.39 Å². The molecule has 0 spiro atoms. The molecular weight excluding hydrogens is 261 g/mol. The summed E-state index contributed by atoms with van der Waals surface area (Å²) in [5, 5.41) is 11.5. The molecule has 0 saturated carbocycles. The van der Waals surface area contributed by atoms with E-state index < -0.39 is 5.82 Å². The van der Waals surface area contributed by atoms with Gasteiger partial charge in [0, 0.05) is 25.3 Å². The highest BCUT2D eigenvalue weighted by Crippen LogP contribution is 2.17. The lowest BCUT2D eigenvalue weighted by Crippen LogP contribution is -2.29. The van der Waals surface area contributed by atoms with Crippen molar-refractivity contribution in [3.05, 3.63) is 35.1 Å². The minimum Gasteiger partial charge on any atom is -0.409 e. The van der Waals surface area contributed by atoms with E-state index in [9.17, 15) is 4.39 Å². The molecule has 1 heterocycles. The summed E-state index contributed by atoms with van der Waals surface area (Å²) in [5.41, 5.74) is 6.10. The van der Waals surface area contributed by atoms with Gasteiger partial charge >= 0.3 is 0 Å². The Morgan fingerprint density at radius 2 is 2.40 bits per heavy atom. The van der Waals surface area contributed by atoms with E-state index in [4.69, 9.17) is 15.7 Å². The number of hydrogen-bond donors (Lipinski definition) is 2. The van der Waals surface area contributed by atoms with Gasteiger partial charge in [-0.1, -0.05) is 17.3 Å². The third kappa shape index (κ3) is 3.46. The fourth-order valence-corrected chi connectivity index (χ4v) is 2.44. The molecule has 1 atom stereocenters. The van der Waals surface area contributed by atoms with Crippen LogP contribution in [0, 0.1) is 5.82 Å². The van der Waals surface area contributed by atoms with Gasteiger partial charge in [0.05, 0.1) is 11.7 Å². The lowest BCUT2D eigenvalue weighted by molar-refractivity contribution is 0.0790. The van der Waals surface area contributed by atoms with Crippen LogP contribution in [-0.2, 0) is 11.3 Å². The van der Waals surface area contributed by atoms with Crippen molar-refractivity contribution in [3.63, 3.8) is 0 Å². The van der Waals surface area contributed by atoms with E-state index in [0.29, 0.717) is 12.1 Å². The van der Waals surface area contributed by atoms with E-state index >= 15 is 0 Å². The van der Waals surface area contributed by atoms with Gasteiger partial charge in [-0.2, -0.15) is 0 Å². The van der Waals surface area contributed by atoms with Crippen molar-refractivity contribution in [1.82, 2.24) is 4.90 Å². The van der Waals surface area contributed by atoms with E-state index in [1.165, 1.54) is 6.07 Å². The molecule has 0 radical (unpaired) electrons. The van der Waals surface area contributed by atoms with Crippen LogP contribution in [0.1, 0.15) is 24.0 Å². The Bertz CT molecular complexity index is 487. The Labute approximate surface area is 117 Å². The number of hydrogen-bond acceptors (Lipinski definition) is 4. The zero-order valence-corrected chi connectivity index (χ0v) is 11.6. The lowest BCUT2D eigenvalue weighted by Gasteiger charge is -2.21. The number of amidine groups is 1. The molecule has 3 N–H and O–H groups in total. The zero-order chi connectivity index (χ0) is 14.5. The first-order valence-corrected chi connectivity index (χ1v) is 6.67. The summed E-state index contributed by atoms with van der Waals surface area (Å²) in [6.45, 7) is 2.04. The van der Waals surface area contributed by atoms with Gasteiger partial charge in [0.1, 0.15) is 5.82 Å². The van der Waals surface area contributed by atoms with Crippen LogP contribution in [0.4, 0.5) is 4.39 Å². The normalized spacial score (nSPS) is 19.8. The highest BCUT2D eigenvalue weighted by atomic mass is 19.1. The molecule has 1 saturated heterocycles. The van der Waals surface area contributed by atoms with Gasteiger partial charge in [-0.05, 0) is 26.0 Å². The maximum atomic E-state index is 14.3. The molecule has 2 rings (SSSR count). The van der Waals surface area contributed by atoms with E-state index in [1.54, 1.807) is 12.1 Å². The van der Waals surface area contributed by atoms with Crippen molar-refractivity contribution in [2.75, 3.05) is 20.2 Å². The number of oxime groups is 1. The smallest absolute Gasteiger partial charge is 0.173 e. The van der Waals surface area contributed by atoms with Crippen LogP contribution in [0.5, 0.6) is 0 Å². The largest absolute Gasteiger partial charge is 0.409 e. The monoisotopic (exact) mass is 281 g/mol. The van der Waals surface area contributed by atoms with Gasteiger partial charge < -0.3 is 15.7 Å². The summed E-state index contributed by atoms with van der Waals surface area (Å²) in [7, 11) is 1.93. The van der Waals surface area contributed by atoms with Crippen LogP contribution in [0.15, 0.2) is 23.4 Å². The second-order valence-corrected chi connectivity index (χ2v) is 5.10. The number of nitrogens with zero attached hydrogens (tertiary/aromatic N) is 2. The Morgan fingerprint density at radius 3 is 3.05 bits per heavy atom. The third-order valence-corrected chi connectivity index (χ3v) is 3.44. The molecular formula is C14H20FN3O2. The molecule has 20 heavy (non-hydrogen) atoms. The predicted molar refractivity (Wildman–Crippen MR) is 74.2 cm³/mol. The highest BCUT2D eigenvalue weighted by molar-refractivity contribution is 5.97. The molecule has 0 bridgehead atoms. The van der Waals surface area contributed by atoms with Crippen molar-refractivity contribution in [2.24, 2.45) is 10.9 Å². The van der Waals surface area contributed by atoms with Crippen molar-refractivity contribution in [2.45, 2.75) is 25.5 Å². The van der Waals surface area contributed by atoms with Gasteiger partial charge in [-0.3, -0.25) is 4.90 Å². The Hall–Kier alpha value is -1.66. The minimum absolute atomic E-state index is 0.121. The fraction of sp³-hybridized carbons (Fsp3) is 0.500. The van der Waals surface area contributed by atoms with E-state index in [0.717, 1.165) is 26.0 Å². The summed E-state index contributed by atoms with van der Waals surface area (Å²) in [4.78, 5) is 2.02. The standard InChI is InChI=1S/C14H20FN3O2/c1-18(9-11-5-3-7-20-11)8-10-4-2-6-12(13(10)15)14(16)17-19/h2,4,6,11,19H,3,5,7-9H2,1H3,(H2,16,17). The number of ether oxygens (including phenoxy) is 1. The van der Waals surface area contributed by atoms with Gasteiger partial charge in [0.15, 0.2) is 5.84 Å². The van der Waals surface area contributed by atoms with Crippen molar-refractivity contribution < 1.29 is 14.3 Å². The van der Waals surface area contributed by atoms with E-state index in [-0.39, 0.29) is 17.5 Å². The quantitative estimate of drug-likeness (QED) is 0.371. The average molecular weight is 281 g/mol. The topological polar surface area (TPSA) is 71.1 Å². The Kier molecular flexibility index (Phi) is 4.92. The first kappa shape index (κ1) is 14.7. The van der Waals surface area contributed by atoms with Gasteiger partial charge in [-0.15, -0.1) is 0 Å². The van der Waals surface area contributed by atoms with E-state index in [1.807, 2.05) is 11.9 Å². The molecule has 1 aliphatic heterocycles. The SMILES string of the molecule is CN(Cc1cccc(/C(N)=N/O)c1F)CC1CCCO1. The van der Waals surface area contributed by atoms with Gasteiger partial charge in [0.2, 0.25) is 0 Å². The second-order valence-electron chi connectivity index (χ2n) is 5.10. The summed E-state index contributed by atoms with van der Waals surface area (Å²) in [5.74, 6) is -0.659. The molecule has 6 heteroatoms. The molecule has 1 unspecified atom stereocenters. The first-order chi connectivity index (χ1) is 9.61. The molecule has 1 fully saturated rings. The lowest BCUT2D eigenvalue weighted by atomic mass is 10.1. The van der Waals surface area contributed by atoms with Gasteiger partial charge in [0.25, 0.3) is 0 Å². The fourth-order valence-electron chi connectivity index (χ4n) is 2.44. The Morgan fingerprint density at radius 1 is 1.60 bits per heavy atom. The molecule has 0 aliphatic carbocycles. The summed E-state index contributed by atoms with van der Waals surface area (Å²) < 4.78 is 19.8. The number of nitrogens with two attached hydrogens (primary N) is 1. The Balaban J connectivity index is 2.05. The van der Waals surface area contributed by atoms with Crippen LogP contribution in [0.3, 0.4) is 0 Å². The summed E-state index contributed by atoms with van der Waals surface area (Å²) in [6.07, 6.45) is 2.37. The van der Waals surface area contributed by atoms with Crippen molar-refractivity contribution in [1.29, 1.82) is 0 Å². The van der Waals surface area contributed by atoms with Crippen LogP contribution in [0.2, 0.25) is 0 Å². The number of rotatable bonds is 5. The molecule has 110 valence electrons. The molecule has 0 amide bonds. The second kappa shape index (κ2) is 6.67. The van der Waals surface area contributed by atoms with Crippen LogP contribution in [-0.4, -0.2) is 42.2 Å². The highest BCUT2D eigenvalue weighted by Gasteiger charge is 2.19. The van der Waals surface area contributed by atoms with Crippen LogP contribution >= 0.6 is 0 Å². The maximum Gasteiger partial charge on any atom is 0.173 e. The number of likely N-dealkylation sites (N-methyl/N-ethyl adjacent to an activating group) is 1. The molecule has 5 nitrogen and oxygen atoms in total. The maximum absolute atomic E-state index is 14.3. The van der Waals surface area contributed by atoms with Crippen LogP contribution < -0.4 is 5.73 Å². The van der Waals surface area contributed by atoms with Crippen molar-refractivity contribution >= 4 is 5.84 Å². The van der Waals surface area contributed by atoms with E-state index in [2.05, 4.69) is 5.16 Å². The summed E-state index contributed by atoms with van der Waals surface area (Å²) >= 11 is 0. The first-order valence-electron chi connectivity index (χ1n) is 6.67. The predicted octanol–water partition coefficient (Wildman–Crippen LogP) is 1.53. The molecule has 1 aliphatic rings. The zero-order valence-electron chi connectivity index (χ0n) is 11.6. The molecule has 1 aromatic carbocycles.